The van der Waals surface area contributed by atoms with Gasteiger partial charge >= 0.3 is 0 Å². The minimum Gasteiger partial charge on any atom is -0.368 e. The van der Waals surface area contributed by atoms with Gasteiger partial charge in [0.25, 0.3) is 5.91 Å². The molecule has 0 radical (unpaired) electrons. The number of aromatic nitrogens is 4. The van der Waals surface area contributed by atoms with Crippen LogP contribution in [-0.2, 0) is 0 Å². The van der Waals surface area contributed by atoms with Gasteiger partial charge in [-0.2, -0.15) is 9.67 Å². The lowest BCUT2D eigenvalue weighted by Gasteiger charge is -2.27. The third-order valence-corrected chi connectivity index (χ3v) is 4.29. The molecule has 0 saturated carbocycles. The van der Waals surface area contributed by atoms with Crippen molar-refractivity contribution in [2.75, 3.05) is 37.2 Å². The van der Waals surface area contributed by atoms with Crippen molar-refractivity contribution in [3.8, 4) is 5.82 Å². The largest absolute Gasteiger partial charge is 0.368 e. The second-order valence-corrected chi connectivity index (χ2v) is 6.14. The average Bonchev–Trinajstić information content (AvgIpc) is 3.09. The summed E-state index contributed by atoms with van der Waals surface area (Å²) < 4.78 is 1.46. The molecule has 0 bridgehead atoms. The van der Waals surface area contributed by atoms with Crippen LogP contribution in [0.2, 0.25) is 0 Å². The van der Waals surface area contributed by atoms with Crippen molar-refractivity contribution >= 4 is 23.5 Å². The molecule has 1 aliphatic rings. The summed E-state index contributed by atoms with van der Waals surface area (Å²) in [5.74, 6) is 1.23. The van der Waals surface area contributed by atoms with Crippen LogP contribution in [0.15, 0.2) is 48.7 Å². The minimum atomic E-state index is 0.0462. The highest BCUT2D eigenvalue weighted by atomic mass is 16.2. The molecular weight excluding hydrogens is 344 g/mol. The van der Waals surface area contributed by atoms with Crippen molar-refractivity contribution < 1.29 is 4.79 Å². The highest BCUT2D eigenvalue weighted by Crippen LogP contribution is 2.18. The normalized spacial score (nSPS) is 14.1. The lowest BCUT2D eigenvalue weighted by atomic mass is 10.1. The van der Waals surface area contributed by atoms with E-state index in [0.29, 0.717) is 17.3 Å². The Morgan fingerprint density at radius 3 is 2.59 bits per heavy atom. The molecule has 27 heavy (non-hydrogen) atoms. The fourth-order valence-electron chi connectivity index (χ4n) is 2.90. The summed E-state index contributed by atoms with van der Waals surface area (Å²) in [5, 5.41) is 10.7. The van der Waals surface area contributed by atoms with Gasteiger partial charge in [0.15, 0.2) is 5.82 Å². The molecular formula is C18H20N8O. The topological polar surface area (TPSA) is 114 Å². The number of nitrogens with one attached hydrogen (secondary N) is 2. The van der Waals surface area contributed by atoms with Gasteiger partial charge in [0.1, 0.15) is 0 Å². The van der Waals surface area contributed by atoms with Crippen LogP contribution in [0, 0.1) is 0 Å². The molecule has 4 N–H and O–H groups in total. The van der Waals surface area contributed by atoms with Gasteiger partial charge in [-0.05, 0) is 36.4 Å². The number of nitrogens with two attached hydrogens (primary N) is 1. The summed E-state index contributed by atoms with van der Waals surface area (Å²) in [4.78, 5) is 22.8. The molecule has 9 nitrogen and oxygen atoms in total. The number of carbonyl (C=O) groups excluding carboxylic acids is 1. The zero-order valence-electron chi connectivity index (χ0n) is 14.7. The summed E-state index contributed by atoms with van der Waals surface area (Å²) >= 11 is 0. The molecule has 1 aliphatic heterocycles. The Bertz CT molecular complexity index is 916. The summed E-state index contributed by atoms with van der Waals surface area (Å²) in [5.41, 5.74) is 7.36. The highest BCUT2D eigenvalue weighted by molar-refractivity contribution is 5.94. The SMILES string of the molecule is Nc1nc(Nc2ccc(C(=O)N3CCNCC3)cc2)nn1-c1ccccn1. The molecule has 3 heterocycles. The molecule has 2 aromatic heterocycles. The van der Waals surface area contributed by atoms with E-state index < -0.39 is 0 Å². The van der Waals surface area contributed by atoms with Crippen molar-refractivity contribution in [1.29, 1.82) is 0 Å². The van der Waals surface area contributed by atoms with E-state index in [2.05, 4.69) is 25.7 Å². The molecule has 1 fully saturated rings. The summed E-state index contributed by atoms with van der Waals surface area (Å²) in [6.07, 6.45) is 1.66. The number of hydrogen-bond acceptors (Lipinski definition) is 7. The predicted octanol–water partition coefficient (Wildman–Crippen LogP) is 1.03. The van der Waals surface area contributed by atoms with Gasteiger partial charge in [0.2, 0.25) is 11.9 Å². The smallest absolute Gasteiger partial charge is 0.253 e. The van der Waals surface area contributed by atoms with Crippen LogP contribution in [0.4, 0.5) is 17.6 Å². The number of amides is 1. The molecule has 3 aromatic rings. The van der Waals surface area contributed by atoms with Crippen molar-refractivity contribution in [3.05, 3.63) is 54.2 Å². The fraction of sp³-hybridized carbons (Fsp3) is 0.222. The van der Waals surface area contributed by atoms with Crippen LogP contribution < -0.4 is 16.4 Å². The van der Waals surface area contributed by atoms with Crippen molar-refractivity contribution in [3.63, 3.8) is 0 Å². The minimum absolute atomic E-state index is 0.0462. The Morgan fingerprint density at radius 2 is 1.89 bits per heavy atom. The number of anilines is 3. The number of hydrogen-bond donors (Lipinski definition) is 3. The maximum absolute atomic E-state index is 12.5. The molecule has 9 heteroatoms. The summed E-state index contributed by atoms with van der Waals surface area (Å²) in [6, 6.07) is 12.7. The standard InChI is InChI=1S/C18H20N8O/c19-17-23-18(24-26(17)15-3-1-2-8-21-15)22-14-6-4-13(5-7-14)16(27)25-11-9-20-10-12-25/h1-8,20H,9-12H2,(H3,19,22,23,24). The van der Waals surface area contributed by atoms with E-state index in [1.54, 1.807) is 24.4 Å². The second-order valence-electron chi connectivity index (χ2n) is 6.14. The number of piperazine rings is 1. The van der Waals surface area contributed by atoms with Crippen molar-refractivity contribution in [2.45, 2.75) is 0 Å². The zero-order valence-corrected chi connectivity index (χ0v) is 14.7. The Kier molecular flexibility index (Phi) is 4.67. The molecule has 1 saturated heterocycles. The first-order valence-corrected chi connectivity index (χ1v) is 8.72. The lowest BCUT2D eigenvalue weighted by Crippen LogP contribution is -2.46. The molecule has 1 amide bonds. The van der Waals surface area contributed by atoms with Gasteiger partial charge in [0.05, 0.1) is 0 Å². The molecule has 0 spiro atoms. The average molecular weight is 364 g/mol. The third kappa shape index (κ3) is 3.72. The van der Waals surface area contributed by atoms with Gasteiger partial charge in [-0.3, -0.25) is 4.79 Å². The molecule has 0 unspecified atom stereocenters. The number of benzene rings is 1. The first-order chi connectivity index (χ1) is 13.2. The summed E-state index contributed by atoms with van der Waals surface area (Å²) in [6.45, 7) is 3.12. The Morgan fingerprint density at radius 1 is 1.11 bits per heavy atom. The maximum atomic E-state index is 12.5. The van der Waals surface area contributed by atoms with E-state index >= 15 is 0 Å². The van der Waals surface area contributed by atoms with Crippen molar-refractivity contribution in [1.82, 2.24) is 30.0 Å². The molecule has 1 aromatic carbocycles. The van der Waals surface area contributed by atoms with Crippen LogP contribution >= 0.6 is 0 Å². The van der Waals surface area contributed by atoms with E-state index in [1.807, 2.05) is 29.2 Å². The summed E-state index contributed by atoms with van der Waals surface area (Å²) in [7, 11) is 0. The number of carbonyl (C=O) groups is 1. The Balaban J connectivity index is 1.47. The van der Waals surface area contributed by atoms with Gasteiger partial charge in [-0.1, -0.05) is 6.07 Å². The highest BCUT2D eigenvalue weighted by Gasteiger charge is 2.17. The number of rotatable bonds is 4. The monoisotopic (exact) mass is 364 g/mol. The number of pyridine rings is 1. The third-order valence-electron chi connectivity index (χ3n) is 4.29. The van der Waals surface area contributed by atoms with E-state index in [4.69, 9.17) is 5.73 Å². The zero-order chi connectivity index (χ0) is 18.6. The fourth-order valence-corrected chi connectivity index (χ4v) is 2.90. The molecule has 138 valence electrons. The molecule has 0 atom stereocenters. The van der Waals surface area contributed by atoms with Crippen LogP contribution in [0.1, 0.15) is 10.4 Å². The van der Waals surface area contributed by atoms with Crippen LogP contribution in [0.3, 0.4) is 0 Å². The maximum Gasteiger partial charge on any atom is 0.253 e. The van der Waals surface area contributed by atoms with Crippen LogP contribution in [-0.4, -0.2) is 56.7 Å². The van der Waals surface area contributed by atoms with Crippen molar-refractivity contribution in [2.24, 2.45) is 0 Å². The van der Waals surface area contributed by atoms with Gasteiger partial charge in [0, 0.05) is 43.6 Å². The van der Waals surface area contributed by atoms with E-state index in [0.717, 1.165) is 31.9 Å². The first kappa shape index (κ1) is 17.0. The predicted molar refractivity (Wildman–Crippen MR) is 102 cm³/mol. The van der Waals surface area contributed by atoms with Gasteiger partial charge < -0.3 is 21.3 Å². The van der Waals surface area contributed by atoms with Gasteiger partial charge in [-0.25, -0.2) is 4.98 Å². The Hall–Kier alpha value is -3.46. The second kappa shape index (κ2) is 7.42. The van der Waals surface area contributed by atoms with Crippen LogP contribution in [0.5, 0.6) is 0 Å². The number of nitrogen functional groups attached to an aromatic ring is 1. The quantitative estimate of drug-likeness (QED) is 0.633. The van der Waals surface area contributed by atoms with Gasteiger partial charge in [-0.15, -0.1) is 5.10 Å². The van der Waals surface area contributed by atoms with E-state index in [1.165, 1.54) is 4.68 Å². The molecule has 0 aliphatic carbocycles. The Labute approximate surface area is 156 Å². The first-order valence-electron chi connectivity index (χ1n) is 8.72. The lowest BCUT2D eigenvalue weighted by molar-refractivity contribution is 0.0736. The van der Waals surface area contributed by atoms with Crippen LogP contribution in [0.25, 0.3) is 5.82 Å². The van der Waals surface area contributed by atoms with E-state index in [-0.39, 0.29) is 11.9 Å². The number of nitrogens with zero attached hydrogens (tertiary/aromatic N) is 5. The molecule has 4 rings (SSSR count). The van der Waals surface area contributed by atoms with E-state index in [9.17, 15) is 4.79 Å².